The monoisotopic (exact) mass is 319 g/mol. The zero-order valence-corrected chi connectivity index (χ0v) is 13.6. The van der Waals surface area contributed by atoms with Crippen molar-refractivity contribution in [1.82, 2.24) is 10.3 Å². The normalized spacial score (nSPS) is 15.4. The number of hydrogen-bond acceptors (Lipinski definition) is 4. The third-order valence-electron chi connectivity index (χ3n) is 4.22. The van der Waals surface area contributed by atoms with Crippen molar-refractivity contribution >= 4 is 17.7 Å². The maximum atomic E-state index is 12.1. The van der Waals surface area contributed by atoms with Crippen LogP contribution in [-0.4, -0.2) is 41.6 Å². The van der Waals surface area contributed by atoms with E-state index in [1.165, 1.54) is 6.07 Å². The van der Waals surface area contributed by atoms with E-state index in [1.807, 2.05) is 11.0 Å². The van der Waals surface area contributed by atoms with Crippen molar-refractivity contribution in [3.8, 4) is 0 Å². The molecule has 1 saturated heterocycles. The number of nitrogens with zero attached hydrogens (tertiary/aromatic N) is 2. The van der Waals surface area contributed by atoms with Crippen molar-refractivity contribution in [3.63, 3.8) is 0 Å². The zero-order chi connectivity index (χ0) is 16.7. The molecule has 0 saturated carbocycles. The molecule has 1 aromatic rings. The molecule has 2 N–H and O–H groups in total. The predicted octanol–water partition coefficient (Wildman–Crippen LogP) is 2.30. The molecule has 1 amide bonds. The summed E-state index contributed by atoms with van der Waals surface area (Å²) in [6.45, 7) is 4.35. The van der Waals surface area contributed by atoms with Crippen molar-refractivity contribution in [1.29, 1.82) is 0 Å². The van der Waals surface area contributed by atoms with Crippen LogP contribution in [0, 0.1) is 5.92 Å². The fourth-order valence-electron chi connectivity index (χ4n) is 2.82. The van der Waals surface area contributed by atoms with Gasteiger partial charge in [0.05, 0.1) is 0 Å². The first-order chi connectivity index (χ1) is 11.1. The molecule has 2 heterocycles. The Morgan fingerprint density at radius 3 is 2.70 bits per heavy atom. The molecule has 1 aliphatic rings. The van der Waals surface area contributed by atoms with Crippen LogP contribution in [-0.2, 0) is 4.79 Å². The smallest absolute Gasteiger partial charge is 0.354 e. The lowest BCUT2D eigenvalue weighted by molar-refractivity contribution is -0.125. The number of nitrogens with one attached hydrogen (secondary N) is 1. The van der Waals surface area contributed by atoms with E-state index in [9.17, 15) is 9.59 Å². The predicted molar refractivity (Wildman–Crippen MR) is 88.7 cm³/mol. The lowest BCUT2D eigenvalue weighted by Gasteiger charge is -2.32. The van der Waals surface area contributed by atoms with Gasteiger partial charge in [-0.3, -0.25) is 4.79 Å². The molecule has 2 rings (SSSR count). The quantitative estimate of drug-likeness (QED) is 0.754. The fraction of sp³-hybridized carbons (Fsp3) is 0.588. The summed E-state index contributed by atoms with van der Waals surface area (Å²) >= 11 is 0. The maximum Gasteiger partial charge on any atom is 0.354 e. The summed E-state index contributed by atoms with van der Waals surface area (Å²) in [6.07, 6.45) is 4.88. The first-order valence-electron chi connectivity index (χ1n) is 8.34. The van der Waals surface area contributed by atoms with E-state index in [0.29, 0.717) is 5.82 Å². The summed E-state index contributed by atoms with van der Waals surface area (Å²) in [5.41, 5.74) is 0.0540. The third-order valence-corrected chi connectivity index (χ3v) is 4.22. The molecule has 0 aliphatic carbocycles. The molecular formula is C17H25N3O3. The minimum absolute atomic E-state index is 0.0514. The lowest BCUT2D eigenvalue weighted by Crippen LogP contribution is -2.41. The first-order valence-corrected chi connectivity index (χ1v) is 8.34. The standard InChI is InChI=1S/C17H25N3O3/c1-2-3-4-10-18-16(21)13-8-11-20(12-9-13)15-7-5-6-14(19-15)17(22)23/h5-7,13H,2-4,8-12H2,1H3,(H,18,21)(H,22,23). The molecule has 1 fully saturated rings. The molecule has 0 atom stereocenters. The fourth-order valence-corrected chi connectivity index (χ4v) is 2.82. The van der Waals surface area contributed by atoms with Crippen molar-refractivity contribution in [2.75, 3.05) is 24.5 Å². The SMILES string of the molecule is CCCCCNC(=O)C1CCN(c2cccc(C(=O)O)n2)CC1. The van der Waals surface area contributed by atoms with E-state index in [-0.39, 0.29) is 17.5 Å². The highest BCUT2D eigenvalue weighted by atomic mass is 16.4. The number of carboxylic acid groups (broad SMARTS) is 1. The second-order valence-corrected chi connectivity index (χ2v) is 5.95. The Hall–Kier alpha value is -2.11. The third kappa shape index (κ3) is 4.94. The molecule has 1 aliphatic heterocycles. The topological polar surface area (TPSA) is 82.5 Å². The average Bonchev–Trinajstić information content (AvgIpc) is 2.59. The van der Waals surface area contributed by atoms with E-state index in [1.54, 1.807) is 6.07 Å². The molecule has 1 aromatic heterocycles. The Balaban J connectivity index is 1.82. The van der Waals surface area contributed by atoms with E-state index >= 15 is 0 Å². The van der Waals surface area contributed by atoms with Crippen molar-refractivity contribution in [2.45, 2.75) is 39.0 Å². The van der Waals surface area contributed by atoms with E-state index in [2.05, 4.69) is 17.2 Å². The van der Waals surface area contributed by atoms with Crippen molar-refractivity contribution in [3.05, 3.63) is 23.9 Å². The second kappa shape index (κ2) is 8.50. The maximum absolute atomic E-state index is 12.1. The number of carboxylic acids is 1. The number of piperidine rings is 1. The molecule has 126 valence electrons. The highest BCUT2D eigenvalue weighted by Gasteiger charge is 2.25. The van der Waals surface area contributed by atoms with Gasteiger partial charge in [0.15, 0.2) is 5.69 Å². The van der Waals surface area contributed by atoms with Crippen LogP contribution in [0.1, 0.15) is 49.5 Å². The van der Waals surface area contributed by atoms with Gasteiger partial charge in [0.2, 0.25) is 5.91 Å². The van der Waals surface area contributed by atoms with Gasteiger partial charge in [-0.05, 0) is 31.4 Å². The number of anilines is 1. The van der Waals surface area contributed by atoms with Gasteiger partial charge in [0.1, 0.15) is 5.82 Å². The molecule has 0 spiro atoms. The minimum atomic E-state index is -1.02. The zero-order valence-electron chi connectivity index (χ0n) is 13.6. The van der Waals surface area contributed by atoms with Crippen LogP contribution < -0.4 is 10.2 Å². The Bertz CT molecular complexity index is 540. The van der Waals surface area contributed by atoms with Gasteiger partial charge in [-0.2, -0.15) is 0 Å². The minimum Gasteiger partial charge on any atom is -0.477 e. The number of carbonyl (C=O) groups is 2. The molecule has 6 nitrogen and oxygen atoms in total. The van der Waals surface area contributed by atoms with Gasteiger partial charge >= 0.3 is 5.97 Å². The van der Waals surface area contributed by atoms with Crippen LogP contribution >= 0.6 is 0 Å². The van der Waals surface area contributed by atoms with Crippen LogP contribution in [0.5, 0.6) is 0 Å². The van der Waals surface area contributed by atoms with Gasteiger partial charge in [0.25, 0.3) is 0 Å². The molecule has 6 heteroatoms. The molecular weight excluding hydrogens is 294 g/mol. The van der Waals surface area contributed by atoms with Gasteiger partial charge in [-0.1, -0.05) is 25.8 Å². The first kappa shape index (κ1) is 17.2. The summed E-state index contributed by atoms with van der Waals surface area (Å²) in [5.74, 6) is -0.150. The van der Waals surface area contributed by atoms with Gasteiger partial charge in [0, 0.05) is 25.6 Å². The summed E-state index contributed by atoms with van der Waals surface area (Å²) in [6, 6.07) is 5.01. The Kier molecular flexibility index (Phi) is 6.38. The van der Waals surface area contributed by atoms with E-state index in [4.69, 9.17) is 5.11 Å². The lowest BCUT2D eigenvalue weighted by atomic mass is 9.96. The number of unbranched alkanes of at least 4 members (excludes halogenated alkanes) is 2. The summed E-state index contributed by atoms with van der Waals surface area (Å²) in [5, 5.41) is 12.0. The van der Waals surface area contributed by atoms with Crippen molar-refractivity contribution in [2.24, 2.45) is 5.92 Å². The van der Waals surface area contributed by atoms with Crippen molar-refractivity contribution < 1.29 is 14.7 Å². The van der Waals surface area contributed by atoms with Gasteiger partial charge in [-0.25, -0.2) is 9.78 Å². The number of carbonyl (C=O) groups excluding carboxylic acids is 1. The highest BCUT2D eigenvalue weighted by Crippen LogP contribution is 2.22. The molecule has 0 unspecified atom stereocenters. The highest BCUT2D eigenvalue weighted by molar-refractivity contribution is 5.85. The van der Waals surface area contributed by atoms with Crippen LogP contribution in [0.4, 0.5) is 5.82 Å². The number of aromatic carboxylic acids is 1. The molecule has 0 radical (unpaired) electrons. The van der Waals surface area contributed by atoms with Gasteiger partial charge in [-0.15, -0.1) is 0 Å². The Morgan fingerprint density at radius 1 is 1.30 bits per heavy atom. The number of pyridine rings is 1. The molecule has 0 bridgehead atoms. The largest absolute Gasteiger partial charge is 0.477 e. The Morgan fingerprint density at radius 2 is 2.04 bits per heavy atom. The van der Waals surface area contributed by atoms with Crippen LogP contribution in [0.25, 0.3) is 0 Å². The van der Waals surface area contributed by atoms with Crippen LogP contribution in [0.2, 0.25) is 0 Å². The molecule has 0 aromatic carbocycles. The van der Waals surface area contributed by atoms with E-state index < -0.39 is 5.97 Å². The second-order valence-electron chi connectivity index (χ2n) is 5.95. The summed E-state index contributed by atoms with van der Waals surface area (Å²) in [7, 11) is 0. The van der Waals surface area contributed by atoms with Crippen LogP contribution in [0.3, 0.4) is 0 Å². The van der Waals surface area contributed by atoms with Crippen LogP contribution in [0.15, 0.2) is 18.2 Å². The number of aromatic nitrogens is 1. The van der Waals surface area contributed by atoms with Gasteiger partial charge < -0.3 is 15.3 Å². The average molecular weight is 319 g/mol. The summed E-state index contributed by atoms with van der Waals surface area (Å²) < 4.78 is 0. The van der Waals surface area contributed by atoms with E-state index in [0.717, 1.165) is 51.7 Å². The number of amides is 1. The number of rotatable bonds is 7. The number of hydrogen-bond donors (Lipinski definition) is 2. The summed E-state index contributed by atoms with van der Waals surface area (Å²) in [4.78, 5) is 29.3. The Labute approximate surface area is 136 Å². The molecule has 23 heavy (non-hydrogen) atoms.